The van der Waals surface area contributed by atoms with Crippen LogP contribution in [0.15, 0.2) is 40.9 Å². The number of rotatable bonds is 4. The van der Waals surface area contributed by atoms with Gasteiger partial charge in [0.25, 0.3) is 0 Å². The second-order valence-corrected chi connectivity index (χ2v) is 5.24. The molecule has 0 aliphatic heterocycles. The summed E-state index contributed by atoms with van der Waals surface area (Å²) in [4.78, 5) is 0. The van der Waals surface area contributed by atoms with Crippen molar-refractivity contribution in [2.45, 2.75) is 13.0 Å². The van der Waals surface area contributed by atoms with Crippen LogP contribution in [0.1, 0.15) is 18.5 Å². The van der Waals surface area contributed by atoms with Crippen molar-refractivity contribution in [2.75, 3.05) is 12.4 Å². The van der Waals surface area contributed by atoms with E-state index in [0.29, 0.717) is 21.5 Å². The minimum atomic E-state index is -0.348. The van der Waals surface area contributed by atoms with Gasteiger partial charge in [0.2, 0.25) is 0 Å². The lowest BCUT2D eigenvalue weighted by Gasteiger charge is -2.18. The van der Waals surface area contributed by atoms with Gasteiger partial charge in [-0.05, 0) is 47.1 Å². The van der Waals surface area contributed by atoms with Gasteiger partial charge in [-0.25, -0.2) is 4.39 Å². The maximum atomic E-state index is 13.8. The summed E-state index contributed by atoms with van der Waals surface area (Å²) in [5.74, 6) is 0.335. The molecule has 0 saturated heterocycles. The predicted octanol–water partition coefficient (Wildman–Crippen LogP) is 4.48. The maximum absolute atomic E-state index is 13.8. The summed E-state index contributed by atoms with van der Waals surface area (Å²) in [6.45, 7) is 1.85. The lowest BCUT2D eigenvalue weighted by Crippen LogP contribution is -2.08. The zero-order valence-electron chi connectivity index (χ0n) is 11.2. The summed E-state index contributed by atoms with van der Waals surface area (Å²) < 4.78 is 19.4. The molecule has 1 atom stereocenters. The maximum Gasteiger partial charge on any atom is 0.147 e. The molecular formula is C15H15BrFNO2. The van der Waals surface area contributed by atoms with Crippen molar-refractivity contribution >= 4 is 21.6 Å². The van der Waals surface area contributed by atoms with E-state index in [1.165, 1.54) is 19.2 Å². The molecular weight excluding hydrogens is 325 g/mol. The van der Waals surface area contributed by atoms with Gasteiger partial charge in [0, 0.05) is 16.1 Å². The molecule has 2 aromatic rings. The van der Waals surface area contributed by atoms with E-state index in [4.69, 9.17) is 4.74 Å². The van der Waals surface area contributed by atoms with Crippen LogP contribution in [-0.2, 0) is 0 Å². The van der Waals surface area contributed by atoms with E-state index in [9.17, 15) is 9.50 Å². The topological polar surface area (TPSA) is 41.5 Å². The molecule has 0 aliphatic rings. The first-order valence-corrected chi connectivity index (χ1v) is 6.89. The Bertz CT molecular complexity index is 599. The van der Waals surface area contributed by atoms with E-state index >= 15 is 0 Å². The molecule has 2 N–H and O–H groups in total. The third kappa shape index (κ3) is 3.04. The Labute approximate surface area is 125 Å². The Morgan fingerprint density at radius 2 is 2.05 bits per heavy atom. The van der Waals surface area contributed by atoms with Gasteiger partial charge >= 0.3 is 0 Å². The number of aromatic hydroxyl groups is 1. The van der Waals surface area contributed by atoms with Crippen LogP contribution in [0.5, 0.6) is 11.5 Å². The largest absolute Gasteiger partial charge is 0.507 e. The highest BCUT2D eigenvalue weighted by molar-refractivity contribution is 9.10. The highest BCUT2D eigenvalue weighted by atomic mass is 79.9. The normalized spacial score (nSPS) is 12.0. The highest BCUT2D eigenvalue weighted by Crippen LogP contribution is 2.33. The fourth-order valence-electron chi connectivity index (χ4n) is 1.95. The molecule has 2 rings (SSSR count). The second-order valence-electron chi connectivity index (χ2n) is 4.39. The van der Waals surface area contributed by atoms with Crippen LogP contribution in [0.25, 0.3) is 0 Å². The minimum Gasteiger partial charge on any atom is -0.507 e. The summed E-state index contributed by atoms with van der Waals surface area (Å²) in [6.07, 6.45) is 0. The van der Waals surface area contributed by atoms with E-state index in [0.717, 1.165) is 0 Å². The lowest BCUT2D eigenvalue weighted by atomic mass is 10.1. The number of phenolic OH excluding ortho intramolecular Hbond substituents is 1. The molecule has 0 spiro atoms. The van der Waals surface area contributed by atoms with E-state index in [-0.39, 0.29) is 17.6 Å². The molecule has 0 heterocycles. The van der Waals surface area contributed by atoms with Crippen molar-refractivity contribution in [3.05, 3.63) is 52.3 Å². The van der Waals surface area contributed by atoms with Crippen LogP contribution in [-0.4, -0.2) is 12.2 Å². The van der Waals surface area contributed by atoms with Gasteiger partial charge in [-0.15, -0.1) is 0 Å². The van der Waals surface area contributed by atoms with Gasteiger partial charge < -0.3 is 15.2 Å². The summed E-state index contributed by atoms with van der Waals surface area (Å²) in [7, 11) is 1.53. The molecule has 0 fully saturated rings. The van der Waals surface area contributed by atoms with E-state index < -0.39 is 0 Å². The zero-order valence-corrected chi connectivity index (χ0v) is 12.7. The third-order valence-electron chi connectivity index (χ3n) is 3.03. The molecule has 0 aliphatic carbocycles. The number of ether oxygens (including phenoxy) is 1. The van der Waals surface area contributed by atoms with Crippen LogP contribution in [0.3, 0.4) is 0 Å². The molecule has 0 bridgehead atoms. The van der Waals surface area contributed by atoms with Crippen molar-refractivity contribution in [3.8, 4) is 11.5 Å². The number of hydrogen-bond donors (Lipinski definition) is 2. The molecule has 2 aromatic carbocycles. The first-order valence-electron chi connectivity index (χ1n) is 6.10. The predicted molar refractivity (Wildman–Crippen MR) is 80.8 cm³/mol. The monoisotopic (exact) mass is 339 g/mol. The van der Waals surface area contributed by atoms with Crippen LogP contribution < -0.4 is 10.1 Å². The van der Waals surface area contributed by atoms with E-state index in [1.54, 1.807) is 24.3 Å². The third-order valence-corrected chi connectivity index (χ3v) is 3.69. The number of halogens is 2. The standard InChI is InChI=1S/C15H15BrFNO2/c1-9(11-7-6-10(20-2)8-14(11)19)18-15-12(16)4-3-5-13(15)17/h3-9,18-19H,1-2H3. The van der Waals surface area contributed by atoms with Crippen LogP contribution in [0.2, 0.25) is 0 Å². The summed E-state index contributed by atoms with van der Waals surface area (Å²) in [6, 6.07) is 9.54. The molecule has 0 aromatic heterocycles. The van der Waals surface area contributed by atoms with Gasteiger partial charge in [-0.2, -0.15) is 0 Å². The van der Waals surface area contributed by atoms with E-state index in [1.807, 2.05) is 6.92 Å². The Balaban J connectivity index is 2.26. The zero-order chi connectivity index (χ0) is 14.7. The Morgan fingerprint density at radius 3 is 2.65 bits per heavy atom. The van der Waals surface area contributed by atoms with E-state index in [2.05, 4.69) is 21.2 Å². The quantitative estimate of drug-likeness (QED) is 0.863. The summed E-state index contributed by atoms with van der Waals surface area (Å²) in [5.41, 5.74) is 1.04. The average molecular weight is 340 g/mol. The molecule has 3 nitrogen and oxygen atoms in total. The fraction of sp³-hybridized carbons (Fsp3) is 0.200. The van der Waals surface area contributed by atoms with Crippen molar-refractivity contribution in [1.29, 1.82) is 0 Å². The van der Waals surface area contributed by atoms with Crippen molar-refractivity contribution < 1.29 is 14.2 Å². The first kappa shape index (κ1) is 14.7. The Morgan fingerprint density at radius 1 is 1.30 bits per heavy atom. The van der Waals surface area contributed by atoms with Crippen LogP contribution in [0.4, 0.5) is 10.1 Å². The number of nitrogens with one attached hydrogen (secondary N) is 1. The molecule has 0 saturated carbocycles. The van der Waals surface area contributed by atoms with Gasteiger partial charge in [0.05, 0.1) is 18.8 Å². The van der Waals surface area contributed by atoms with Gasteiger partial charge in [-0.1, -0.05) is 6.07 Å². The van der Waals surface area contributed by atoms with Crippen LogP contribution >= 0.6 is 15.9 Å². The molecule has 0 radical (unpaired) electrons. The molecule has 20 heavy (non-hydrogen) atoms. The molecule has 1 unspecified atom stereocenters. The smallest absolute Gasteiger partial charge is 0.147 e. The fourth-order valence-corrected chi connectivity index (χ4v) is 2.40. The van der Waals surface area contributed by atoms with Crippen LogP contribution in [0, 0.1) is 5.82 Å². The molecule has 0 amide bonds. The summed E-state index contributed by atoms with van der Waals surface area (Å²) in [5, 5.41) is 13.0. The highest BCUT2D eigenvalue weighted by Gasteiger charge is 2.14. The second kappa shape index (κ2) is 6.13. The number of phenols is 1. The number of methoxy groups -OCH3 is 1. The average Bonchev–Trinajstić information content (AvgIpc) is 2.42. The lowest BCUT2D eigenvalue weighted by molar-refractivity contribution is 0.406. The van der Waals surface area contributed by atoms with Gasteiger partial charge in [0.1, 0.15) is 17.3 Å². The Hall–Kier alpha value is -1.75. The molecule has 5 heteroatoms. The van der Waals surface area contributed by atoms with Crippen molar-refractivity contribution in [3.63, 3.8) is 0 Å². The van der Waals surface area contributed by atoms with Gasteiger partial charge in [-0.3, -0.25) is 0 Å². The Kier molecular flexibility index (Phi) is 4.49. The minimum absolute atomic E-state index is 0.108. The number of para-hydroxylation sites is 1. The van der Waals surface area contributed by atoms with Gasteiger partial charge in [0.15, 0.2) is 0 Å². The number of anilines is 1. The van der Waals surface area contributed by atoms with Crippen molar-refractivity contribution in [2.24, 2.45) is 0 Å². The first-order chi connectivity index (χ1) is 9.52. The SMILES string of the molecule is COc1ccc(C(C)Nc2c(F)cccc2Br)c(O)c1. The number of benzene rings is 2. The number of hydrogen-bond acceptors (Lipinski definition) is 3. The molecule has 106 valence electrons. The van der Waals surface area contributed by atoms with Crippen molar-refractivity contribution in [1.82, 2.24) is 0 Å². The summed E-state index contributed by atoms with van der Waals surface area (Å²) >= 11 is 3.30.